The minimum absolute atomic E-state index is 0.0391. The molecule has 110 valence electrons. The van der Waals surface area contributed by atoms with Crippen molar-refractivity contribution in [2.45, 2.75) is 18.9 Å². The van der Waals surface area contributed by atoms with E-state index in [1.165, 1.54) is 12.1 Å². The van der Waals surface area contributed by atoms with Gasteiger partial charge in [-0.05, 0) is 24.6 Å². The molecule has 2 atom stereocenters. The van der Waals surface area contributed by atoms with Gasteiger partial charge in [0.05, 0.1) is 12.6 Å². The molecule has 0 aliphatic carbocycles. The lowest BCUT2D eigenvalue weighted by Crippen LogP contribution is -2.34. The first-order chi connectivity index (χ1) is 10.1. The average molecular weight is 290 g/mol. The zero-order valence-electron chi connectivity index (χ0n) is 11.6. The third-order valence-electron chi connectivity index (χ3n) is 3.95. The van der Waals surface area contributed by atoms with Crippen molar-refractivity contribution in [1.82, 2.24) is 5.43 Å². The number of nitrogens with one attached hydrogen (secondary N) is 1. The normalized spacial score (nSPS) is 18.2. The Morgan fingerprint density at radius 3 is 2.76 bits per heavy atom. The number of aryl methyl sites for hydroxylation is 1. The summed E-state index contributed by atoms with van der Waals surface area (Å²) >= 11 is 0. The van der Waals surface area contributed by atoms with Gasteiger partial charge in [0.1, 0.15) is 17.4 Å². The Kier molecular flexibility index (Phi) is 3.61. The summed E-state index contributed by atoms with van der Waals surface area (Å²) in [6.45, 7) is 1.94. The second-order valence-corrected chi connectivity index (χ2v) is 5.19. The van der Waals surface area contributed by atoms with Gasteiger partial charge in [0.2, 0.25) is 0 Å². The number of hydrazine groups is 1. The molecule has 21 heavy (non-hydrogen) atoms. The molecule has 2 unspecified atom stereocenters. The summed E-state index contributed by atoms with van der Waals surface area (Å²) in [5, 5.41) is 0. The lowest BCUT2D eigenvalue weighted by molar-refractivity contribution is 0.294. The van der Waals surface area contributed by atoms with Gasteiger partial charge in [0, 0.05) is 17.0 Å². The van der Waals surface area contributed by atoms with Crippen LogP contribution in [0.1, 0.15) is 28.7 Å². The topological polar surface area (TPSA) is 47.3 Å². The Labute approximate surface area is 121 Å². The summed E-state index contributed by atoms with van der Waals surface area (Å²) in [6.07, 6.45) is 0. The number of hydrogen-bond acceptors (Lipinski definition) is 3. The summed E-state index contributed by atoms with van der Waals surface area (Å²) in [4.78, 5) is 0. The van der Waals surface area contributed by atoms with E-state index < -0.39 is 17.7 Å². The molecule has 2 aromatic rings. The molecular formula is C16H16F2N2O. The van der Waals surface area contributed by atoms with Gasteiger partial charge in [-0.15, -0.1) is 0 Å². The molecule has 0 spiro atoms. The number of para-hydroxylation sites is 1. The maximum Gasteiger partial charge on any atom is 0.133 e. The first-order valence-corrected chi connectivity index (χ1v) is 6.76. The molecule has 2 aromatic carbocycles. The van der Waals surface area contributed by atoms with Crippen LogP contribution in [0.3, 0.4) is 0 Å². The first kappa shape index (κ1) is 14.0. The highest BCUT2D eigenvalue weighted by Gasteiger charge is 2.35. The molecule has 0 amide bonds. The SMILES string of the molecule is Cc1ccc(F)c(C(NN)C2COc3ccccc32)c1F. The first-order valence-electron chi connectivity index (χ1n) is 6.76. The number of ether oxygens (including phenoxy) is 1. The van der Waals surface area contributed by atoms with E-state index in [0.717, 1.165) is 11.3 Å². The highest BCUT2D eigenvalue weighted by Crippen LogP contribution is 2.42. The van der Waals surface area contributed by atoms with Crippen LogP contribution in [0.25, 0.3) is 0 Å². The molecule has 0 saturated heterocycles. The van der Waals surface area contributed by atoms with E-state index in [-0.39, 0.29) is 11.5 Å². The van der Waals surface area contributed by atoms with Crippen molar-refractivity contribution in [1.29, 1.82) is 0 Å². The molecular weight excluding hydrogens is 274 g/mol. The van der Waals surface area contributed by atoms with Gasteiger partial charge >= 0.3 is 0 Å². The molecule has 0 saturated carbocycles. The Morgan fingerprint density at radius 1 is 1.24 bits per heavy atom. The Bertz CT molecular complexity index is 675. The van der Waals surface area contributed by atoms with Crippen LogP contribution in [0.2, 0.25) is 0 Å². The van der Waals surface area contributed by atoms with Crippen LogP contribution in [0.5, 0.6) is 5.75 Å². The summed E-state index contributed by atoms with van der Waals surface area (Å²) in [7, 11) is 0. The Morgan fingerprint density at radius 2 is 2.00 bits per heavy atom. The van der Waals surface area contributed by atoms with Crippen LogP contribution in [0, 0.1) is 18.6 Å². The minimum Gasteiger partial charge on any atom is -0.493 e. The number of rotatable bonds is 3. The van der Waals surface area contributed by atoms with Crippen molar-refractivity contribution in [2.75, 3.05) is 6.61 Å². The van der Waals surface area contributed by atoms with Crippen molar-refractivity contribution >= 4 is 0 Å². The van der Waals surface area contributed by atoms with Crippen LogP contribution in [0.15, 0.2) is 36.4 Å². The number of halogens is 2. The van der Waals surface area contributed by atoms with Crippen LogP contribution in [0.4, 0.5) is 8.78 Å². The summed E-state index contributed by atoms with van der Waals surface area (Å²) in [5.41, 5.74) is 3.80. The molecule has 0 bridgehead atoms. The fourth-order valence-electron chi connectivity index (χ4n) is 2.83. The second kappa shape index (κ2) is 5.42. The molecule has 3 rings (SSSR count). The van der Waals surface area contributed by atoms with Crippen LogP contribution in [-0.4, -0.2) is 6.61 Å². The van der Waals surface area contributed by atoms with Gasteiger partial charge in [0.15, 0.2) is 0 Å². The fraction of sp³-hybridized carbons (Fsp3) is 0.250. The molecule has 1 heterocycles. The predicted molar refractivity (Wildman–Crippen MR) is 75.8 cm³/mol. The number of fused-ring (bicyclic) bond motifs is 1. The third kappa shape index (κ3) is 2.28. The predicted octanol–water partition coefficient (Wildman–Crippen LogP) is 2.95. The highest BCUT2D eigenvalue weighted by atomic mass is 19.1. The highest BCUT2D eigenvalue weighted by molar-refractivity contribution is 5.43. The van der Waals surface area contributed by atoms with E-state index in [2.05, 4.69) is 5.43 Å². The van der Waals surface area contributed by atoms with Crippen molar-refractivity contribution < 1.29 is 13.5 Å². The fourth-order valence-corrected chi connectivity index (χ4v) is 2.83. The van der Waals surface area contributed by atoms with E-state index in [1.807, 2.05) is 24.3 Å². The molecule has 0 aromatic heterocycles. The van der Waals surface area contributed by atoms with Crippen molar-refractivity contribution in [2.24, 2.45) is 5.84 Å². The maximum absolute atomic E-state index is 14.4. The minimum atomic E-state index is -0.687. The summed E-state index contributed by atoms with van der Waals surface area (Å²) in [5.74, 6) is 4.91. The van der Waals surface area contributed by atoms with Gasteiger partial charge < -0.3 is 4.74 Å². The van der Waals surface area contributed by atoms with Crippen LogP contribution >= 0.6 is 0 Å². The Hall–Kier alpha value is -1.98. The number of benzene rings is 2. The zero-order valence-corrected chi connectivity index (χ0v) is 11.6. The summed E-state index contributed by atoms with van der Waals surface area (Å²) < 4.78 is 34.1. The second-order valence-electron chi connectivity index (χ2n) is 5.19. The van der Waals surface area contributed by atoms with Gasteiger partial charge in [-0.2, -0.15) is 0 Å². The molecule has 1 aliphatic heterocycles. The molecule has 0 radical (unpaired) electrons. The monoisotopic (exact) mass is 290 g/mol. The summed E-state index contributed by atoms with van der Waals surface area (Å²) in [6, 6.07) is 9.46. The van der Waals surface area contributed by atoms with Crippen LogP contribution in [-0.2, 0) is 0 Å². The van der Waals surface area contributed by atoms with Gasteiger partial charge in [-0.3, -0.25) is 11.3 Å². The molecule has 3 nitrogen and oxygen atoms in total. The van der Waals surface area contributed by atoms with Gasteiger partial charge in [-0.25, -0.2) is 8.78 Å². The van der Waals surface area contributed by atoms with Crippen LogP contribution < -0.4 is 16.0 Å². The van der Waals surface area contributed by atoms with Gasteiger partial charge in [-0.1, -0.05) is 24.3 Å². The Balaban J connectivity index is 2.07. The number of hydrogen-bond donors (Lipinski definition) is 2. The van der Waals surface area contributed by atoms with Crippen molar-refractivity contribution in [3.63, 3.8) is 0 Å². The van der Waals surface area contributed by atoms with Gasteiger partial charge in [0.25, 0.3) is 0 Å². The third-order valence-corrected chi connectivity index (χ3v) is 3.95. The standard InChI is InChI=1S/C16H16F2N2O/c1-9-6-7-12(17)14(15(9)18)16(20-19)11-8-21-13-5-3-2-4-10(11)13/h2-7,11,16,20H,8,19H2,1H3. The molecule has 0 fully saturated rings. The zero-order chi connectivity index (χ0) is 15.0. The number of nitrogens with two attached hydrogens (primary N) is 1. The smallest absolute Gasteiger partial charge is 0.133 e. The van der Waals surface area contributed by atoms with Crippen molar-refractivity contribution in [3.8, 4) is 5.75 Å². The van der Waals surface area contributed by atoms with E-state index in [1.54, 1.807) is 6.92 Å². The molecule has 1 aliphatic rings. The van der Waals surface area contributed by atoms with E-state index in [4.69, 9.17) is 10.6 Å². The van der Waals surface area contributed by atoms with E-state index in [0.29, 0.717) is 12.2 Å². The molecule has 5 heteroatoms. The molecule has 3 N–H and O–H groups in total. The lowest BCUT2D eigenvalue weighted by Gasteiger charge is -2.24. The lowest BCUT2D eigenvalue weighted by atomic mass is 9.87. The quantitative estimate of drug-likeness (QED) is 0.675. The average Bonchev–Trinajstić information content (AvgIpc) is 2.91. The largest absolute Gasteiger partial charge is 0.493 e. The van der Waals surface area contributed by atoms with E-state index >= 15 is 0 Å². The van der Waals surface area contributed by atoms with Crippen molar-refractivity contribution in [3.05, 3.63) is 64.7 Å². The maximum atomic E-state index is 14.4. The van der Waals surface area contributed by atoms with E-state index in [9.17, 15) is 8.78 Å².